The summed E-state index contributed by atoms with van der Waals surface area (Å²) in [7, 11) is 0. The average molecular weight is 497 g/mol. The Hall–Kier alpha value is -3.46. The highest BCUT2D eigenvalue weighted by Gasteiger charge is 2.24. The minimum atomic E-state index is -0.656. The Labute approximate surface area is 205 Å². The Morgan fingerprint density at radius 2 is 1.86 bits per heavy atom. The number of rotatable bonds is 7. The molecule has 35 heavy (non-hydrogen) atoms. The zero-order valence-corrected chi connectivity index (χ0v) is 20.7. The van der Waals surface area contributed by atoms with E-state index in [0.717, 1.165) is 0 Å². The van der Waals surface area contributed by atoms with Crippen molar-refractivity contribution in [1.29, 1.82) is 0 Å². The molecule has 0 fully saturated rings. The van der Waals surface area contributed by atoms with Gasteiger partial charge >= 0.3 is 0 Å². The fourth-order valence-corrected chi connectivity index (χ4v) is 4.36. The van der Waals surface area contributed by atoms with Crippen molar-refractivity contribution < 1.29 is 18.4 Å². The van der Waals surface area contributed by atoms with Gasteiger partial charge in [0.25, 0.3) is 5.91 Å². The predicted molar refractivity (Wildman–Crippen MR) is 133 cm³/mol. The molecule has 0 aliphatic heterocycles. The first kappa shape index (κ1) is 24.7. The number of ketones is 1. The van der Waals surface area contributed by atoms with Gasteiger partial charge in [0.05, 0.1) is 27.2 Å². The van der Waals surface area contributed by atoms with E-state index in [2.05, 4.69) is 20.3 Å². The van der Waals surface area contributed by atoms with Crippen LogP contribution in [0.3, 0.4) is 0 Å². The average Bonchev–Trinajstić information content (AvgIpc) is 3.45. The van der Waals surface area contributed by atoms with Crippen LogP contribution in [0.4, 0.5) is 8.78 Å². The van der Waals surface area contributed by atoms with Gasteiger partial charge in [0.15, 0.2) is 11.4 Å². The molecule has 4 rings (SSSR count). The number of hydrogen-bond donors (Lipinski definition) is 2. The van der Waals surface area contributed by atoms with Gasteiger partial charge in [0, 0.05) is 24.2 Å². The van der Waals surface area contributed by atoms with E-state index in [0.29, 0.717) is 32.2 Å². The summed E-state index contributed by atoms with van der Waals surface area (Å²) in [6.07, 6.45) is 3.12. The van der Waals surface area contributed by atoms with Gasteiger partial charge in [0.2, 0.25) is 0 Å². The minimum absolute atomic E-state index is 0.0173. The highest BCUT2D eigenvalue weighted by Crippen LogP contribution is 2.29. The topological polar surface area (TPSA) is 87.7 Å². The summed E-state index contributed by atoms with van der Waals surface area (Å²) in [6.45, 7) is 8.10. The molecule has 3 heterocycles. The molecule has 0 spiro atoms. The third-order valence-electron chi connectivity index (χ3n) is 6.07. The highest BCUT2D eigenvalue weighted by atomic mass is 32.1. The number of benzene rings is 1. The summed E-state index contributed by atoms with van der Waals surface area (Å²) in [4.78, 5) is 38.7. The van der Waals surface area contributed by atoms with Crippen molar-refractivity contribution in [2.45, 2.75) is 46.6 Å². The number of fused-ring (bicyclic) bond motifs is 1. The molecule has 9 heteroatoms. The van der Waals surface area contributed by atoms with E-state index in [1.54, 1.807) is 24.5 Å². The van der Waals surface area contributed by atoms with Gasteiger partial charge in [0.1, 0.15) is 17.2 Å². The van der Waals surface area contributed by atoms with Gasteiger partial charge in [-0.05, 0) is 43.0 Å². The normalized spacial score (nSPS) is 12.6. The number of carbonyl (C=O) groups is 2. The van der Waals surface area contributed by atoms with Crippen LogP contribution in [0.1, 0.15) is 59.7 Å². The second-order valence-corrected chi connectivity index (χ2v) is 10.6. The van der Waals surface area contributed by atoms with Gasteiger partial charge in [-0.1, -0.05) is 26.8 Å². The van der Waals surface area contributed by atoms with E-state index < -0.39 is 11.6 Å². The summed E-state index contributed by atoms with van der Waals surface area (Å²) >= 11 is 1.23. The number of thiophene rings is 1. The zero-order chi connectivity index (χ0) is 25.3. The summed E-state index contributed by atoms with van der Waals surface area (Å²) in [5.74, 6) is -1.77. The lowest BCUT2D eigenvalue weighted by atomic mass is 9.88. The Morgan fingerprint density at radius 1 is 1.14 bits per heavy atom. The van der Waals surface area contributed by atoms with Crippen molar-refractivity contribution in [3.8, 4) is 10.6 Å². The summed E-state index contributed by atoms with van der Waals surface area (Å²) in [6, 6.07) is 7.03. The number of amides is 1. The molecule has 6 nitrogen and oxygen atoms in total. The van der Waals surface area contributed by atoms with Crippen molar-refractivity contribution >= 4 is 34.2 Å². The van der Waals surface area contributed by atoms with Crippen LogP contribution < -0.4 is 5.32 Å². The summed E-state index contributed by atoms with van der Waals surface area (Å²) in [5.41, 5.74) is 1.66. The molecule has 1 amide bonds. The Morgan fingerprint density at radius 3 is 2.54 bits per heavy atom. The first-order valence-corrected chi connectivity index (χ1v) is 12.1. The van der Waals surface area contributed by atoms with E-state index in [4.69, 9.17) is 0 Å². The van der Waals surface area contributed by atoms with E-state index in [9.17, 15) is 18.4 Å². The fourth-order valence-electron chi connectivity index (χ4n) is 3.43. The third-order valence-corrected chi connectivity index (χ3v) is 7.22. The van der Waals surface area contributed by atoms with Crippen molar-refractivity contribution in [3.63, 3.8) is 0 Å². The lowest BCUT2D eigenvalue weighted by molar-refractivity contribution is 0.0911. The Kier molecular flexibility index (Phi) is 6.80. The van der Waals surface area contributed by atoms with Crippen LogP contribution in [0, 0.1) is 17.0 Å². The van der Waals surface area contributed by atoms with Crippen LogP contribution in [-0.2, 0) is 6.42 Å². The lowest BCUT2D eigenvalue weighted by Gasteiger charge is -2.27. The van der Waals surface area contributed by atoms with Crippen LogP contribution in [0.5, 0.6) is 0 Å². The smallest absolute Gasteiger partial charge is 0.255 e. The van der Waals surface area contributed by atoms with Crippen molar-refractivity contribution in [2.24, 2.45) is 5.41 Å². The maximum absolute atomic E-state index is 13.9. The van der Waals surface area contributed by atoms with Crippen LogP contribution in [0.25, 0.3) is 21.7 Å². The first-order valence-electron chi connectivity index (χ1n) is 11.3. The molecule has 0 aliphatic carbocycles. The molecule has 1 atom stereocenters. The molecule has 0 aliphatic rings. The second kappa shape index (κ2) is 9.65. The fraction of sp³-hybridized carbons (Fsp3) is 0.308. The van der Waals surface area contributed by atoms with Gasteiger partial charge in [-0.2, -0.15) is 0 Å². The highest BCUT2D eigenvalue weighted by molar-refractivity contribution is 7.17. The van der Waals surface area contributed by atoms with Crippen molar-refractivity contribution in [2.75, 3.05) is 0 Å². The summed E-state index contributed by atoms with van der Waals surface area (Å²) in [5, 5.41) is 3.01. The molecule has 0 unspecified atom stereocenters. The van der Waals surface area contributed by atoms with Gasteiger partial charge in [-0.3, -0.25) is 9.59 Å². The van der Waals surface area contributed by atoms with E-state index in [1.165, 1.54) is 29.5 Å². The monoisotopic (exact) mass is 496 g/mol. The Balaban J connectivity index is 1.52. The zero-order valence-electron chi connectivity index (χ0n) is 19.9. The first-order chi connectivity index (χ1) is 16.5. The predicted octanol–water partition coefficient (Wildman–Crippen LogP) is 5.94. The van der Waals surface area contributed by atoms with Crippen LogP contribution >= 0.6 is 11.3 Å². The van der Waals surface area contributed by atoms with Crippen LogP contribution in [0.15, 0.2) is 42.7 Å². The number of hydrogen-bond acceptors (Lipinski definition) is 5. The molecule has 2 N–H and O–H groups in total. The van der Waals surface area contributed by atoms with Gasteiger partial charge in [-0.15, -0.1) is 11.3 Å². The van der Waals surface area contributed by atoms with Crippen molar-refractivity contribution in [3.05, 3.63) is 70.4 Å². The Bertz CT molecular complexity index is 1380. The number of aromatic amines is 1. The molecule has 0 bridgehead atoms. The molecule has 0 radical (unpaired) electrons. The number of H-pyrrole nitrogens is 1. The standard InChI is InChI=1S/C26H26F2N4O2S/c1-14(26(2,3)4)31-25(34)16-12-29-24-23(16)32-19(13-30-24)21-10-11-22(35-21)20(33)9-8-15-17(27)6-5-7-18(15)28/h5-7,10-14H,8-9H2,1-4H3,(H,29,30)(H,31,34)/t14-/m0/s1. The molecule has 4 aromatic rings. The molecule has 0 saturated heterocycles. The number of nitrogens with zero attached hydrogens (tertiary/aromatic N) is 2. The van der Waals surface area contributed by atoms with Gasteiger partial charge < -0.3 is 10.3 Å². The summed E-state index contributed by atoms with van der Waals surface area (Å²) < 4.78 is 27.7. The molecular weight excluding hydrogens is 470 g/mol. The number of aromatic nitrogens is 3. The lowest BCUT2D eigenvalue weighted by Crippen LogP contribution is -2.41. The molecule has 182 valence electrons. The molecule has 1 aromatic carbocycles. The van der Waals surface area contributed by atoms with Crippen LogP contribution in [0.2, 0.25) is 0 Å². The molecular formula is C26H26F2N4O2S. The molecule has 3 aromatic heterocycles. The van der Waals surface area contributed by atoms with Gasteiger partial charge in [-0.25, -0.2) is 18.7 Å². The number of halogens is 2. The SMILES string of the molecule is C[C@H](NC(=O)c1c[nH]c2ncc(-c3ccc(C(=O)CCc4c(F)cccc4F)s3)nc12)C(C)(C)C. The maximum atomic E-state index is 13.9. The van der Waals surface area contributed by atoms with Crippen molar-refractivity contribution in [1.82, 2.24) is 20.3 Å². The quantitative estimate of drug-likeness (QED) is 0.310. The number of Topliss-reactive ketones (excluding diaryl/α,β-unsaturated/α-hetero) is 1. The van der Waals surface area contributed by atoms with E-state index in [-0.39, 0.29) is 41.6 Å². The third kappa shape index (κ3) is 5.30. The second-order valence-electron chi connectivity index (χ2n) is 9.50. The number of nitrogens with one attached hydrogen (secondary N) is 2. The largest absolute Gasteiger partial charge is 0.349 e. The van der Waals surface area contributed by atoms with E-state index in [1.807, 2.05) is 27.7 Å². The number of carbonyl (C=O) groups excluding carboxylic acids is 2. The maximum Gasteiger partial charge on any atom is 0.255 e. The minimum Gasteiger partial charge on any atom is -0.349 e. The van der Waals surface area contributed by atoms with Crippen LogP contribution in [-0.4, -0.2) is 32.7 Å². The van der Waals surface area contributed by atoms with E-state index >= 15 is 0 Å². The molecule has 0 saturated carbocycles.